The summed E-state index contributed by atoms with van der Waals surface area (Å²) in [5.74, 6) is 0.265. The number of rotatable bonds is 1. The third kappa shape index (κ3) is 3.00. The van der Waals surface area contributed by atoms with Crippen LogP contribution in [0.1, 0.15) is 49.6 Å². The quantitative estimate of drug-likeness (QED) is 0.813. The van der Waals surface area contributed by atoms with Crippen LogP contribution in [-0.2, 0) is 14.9 Å². The number of nitrogens with one attached hydrogen (secondary N) is 1. The van der Waals surface area contributed by atoms with Crippen LogP contribution in [0.3, 0.4) is 0 Å². The van der Waals surface area contributed by atoms with E-state index in [0.717, 1.165) is 16.8 Å². The molecule has 2 heterocycles. The molecule has 0 amide bonds. The van der Waals surface area contributed by atoms with E-state index in [-0.39, 0.29) is 29.4 Å². The van der Waals surface area contributed by atoms with E-state index >= 15 is 0 Å². The predicted octanol–water partition coefficient (Wildman–Crippen LogP) is 4.31. The van der Waals surface area contributed by atoms with Gasteiger partial charge in [0.15, 0.2) is 0 Å². The Morgan fingerprint density at radius 3 is 2.60 bits per heavy atom. The lowest BCUT2D eigenvalue weighted by Crippen LogP contribution is -2.43. The lowest BCUT2D eigenvalue weighted by Gasteiger charge is -2.43. The molecule has 25 heavy (non-hydrogen) atoms. The molecule has 0 radical (unpaired) electrons. The summed E-state index contributed by atoms with van der Waals surface area (Å²) in [5.41, 5.74) is 4.62. The van der Waals surface area contributed by atoms with Gasteiger partial charge < -0.3 is 19.9 Å². The van der Waals surface area contributed by atoms with Crippen molar-refractivity contribution in [3.05, 3.63) is 59.2 Å². The summed E-state index contributed by atoms with van der Waals surface area (Å²) in [7, 11) is 0. The van der Waals surface area contributed by atoms with Crippen LogP contribution in [0, 0.1) is 0 Å². The third-order valence-electron chi connectivity index (χ3n) is 5.08. The maximum absolute atomic E-state index is 9.86. The molecule has 0 spiro atoms. The molecule has 1 saturated heterocycles. The van der Waals surface area contributed by atoms with Crippen LogP contribution >= 0.6 is 0 Å². The summed E-state index contributed by atoms with van der Waals surface area (Å²) in [6, 6.07) is 13.9. The van der Waals surface area contributed by atoms with Crippen LogP contribution in [0.25, 0.3) is 0 Å². The monoisotopic (exact) mass is 339 g/mol. The first-order valence-electron chi connectivity index (χ1n) is 8.86. The minimum absolute atomic E-state index is 0.0506. The Morgan fingerprint density at radius 2 is 1.84 bits per heavy atom. The molecular formula is C21H25NO3. The zero-order valence-corrected chi connectivity index (χ0v) is 15.0. The number of ether oxygens (including phenoxy) is 2. The fourth-order valence-electron chi connectivity index (χ4n) is 3.72. The first-order chi connectivity index (χ1) is 11.9. The lowest BCUT2D eigenvalue weighted by molar-refractivity contribution is -0.151. The molecule has 2 unspecified atom stereocenters. The molecule has 0 saturated carbocycles. The summed E-state index contributed by atoms with van der Waals surface area (Å²) in [6.07, 6.45) is -0.210. The van der Waals surface area contributed by atoms with Gasteiger partial charge in [0.2, 0.25) is 0 Å². The molecule has 0 aromatic heterocycles. The molecule has 0 bridgehead atoms. The van der Waals surface area contributed by atoms with Gasteiger partial charge in [0.25, 0.3) is 0 Å². The highest BCUT2D eigenvalue weighted by atomic mass is 16.6. The number of fused-ring (bicyclic) bond motifs is 3. The maximum atomic E-state index is 9.86. The van der Waals surface area contributed by atoms with Crippen molar-refractivity contribution >= 4 is 5.69 Å². The van der Waals surface area contributed by atoms with Crippen LogP contribution < -0.4 is 5.32 Å². The van der Waals surface area contributed by atoms with Gasteiger partial charge in [-0.3, -0.25) is 0 Å². The normalized spacial score (nSPS) is 25.6. The van der Waals surface area contributed by atoms with Gasteiger partial charge in [0.05, 0.1) is 19.3 Å². The number of phenols is 1. The van der Waals surface area contributed by atoms with Crippen LogP contribution in [0.4, 0.5) is 5.69 Å². The van der Waals surface area contributed by atoms with Crippen molar-refractivity contribution in [2.75, 3.05) is 18.5 Å². The van der Waals surface area contributed by atoms with Crippen molar-refractivity contribution < 1.29 is 14.6 Å². The minimum Gasteiger partial charge on any atom is -0.508 e. The van der Waals surface area contributed by atoms with E-state index in [1.807, 2.05) is 12.1 Å². The van der Waals surface area contributed by atoms with Crippen LogP contribution in [0.5, 0.6) is 5.75 Å². The Hall–Kier alpha value is -2.04. The zero-order valence-electron chi connectivity index (χ0n) is 15.0. The molecule has 4 rings (SSSR count). The average Bonchev–Trinajstić information content (AvgIpc) is 2.60. The molecule has 2 aliphatic rings. The molecule has 132 valence electrons. The highest BCUT2D eigenvalue weighted by molar-refractivity contribution is 5.59. The Morgan fingerprint density at radius 1 is 1.04 bits per heavy atom. The molecule has 2 aromatic rings. The Balaban J connectivity index is 1.78. The zero-order chi connectivity index (χ0) is 17.6. The summed E-state index contributed by atoms with van der Waals surface area (Å²) >= 11 is 0. The van der Waals surface area contributed by atoms with Gasteiger partial charge in [0, 0.05) is 11.3 Å². The molecule has 0 aliphatic carbocycles. The van der Waals surface area contributed by atoms with Crippen molar-refractivity contribution in [2.45, 2.75) is 44.4 Å². The Bertz CT molecular complexity index is 781. The van der Waals surface area contributed by atoms with Crippen molar-refractivity contribution in [3.8, 4) is 5.75 Å². The molecule has 4 heteroatoms. The molecular weight excluding hydrogens is 314 g/mol. The molecule has 2 aliphatic heterocycles. The number of hydrogen-bond donors (Lipinski definition) is 2. The second-order valence-electron chi connectivity index (χ2n) is 7.90. The smallest absolute Gasteiger partial charge is 0.115 e. The van der Waals surface area contributed by atoms with Gasteiger partial charge in [-0.2, -0.15) is 0 Å². The molecule has 2 N–H and O–H groups in total. The fraction of sp³-hybridized carbons (Fsp3) is 0.429. The second-order valence-corrected chi connectivity index (χ2v) is 7.90. The first-order valence-corrected chi connectivity index (χ1v) is 8.86. The largest absolute Gasteiger partial charge is 0.508 e. The second kappa shape index (κ2) is 6.04. The number of benzene rings is 2. The van der Waals surface area contributed by atoms with Crippen molar-refractivity contribution in [2.24, 2.45) is 0 Å². The van der Waals surface area contributed by atoms with Gasteiger partial charge >= 0.3 is 0 Å². The van der Waals surface area contributed by atoms with Crippen LogP contribution in [-0.4, -0.2) is 24.4 Å². The molecule has 4 nitrogen and oxygen atoms in total. The standard InChI is InChI=1S/C21H25NO3/c1-21(2,3)14-7-8-17-16(12-14)19-20(25-10-9-24-19)18(22-17)13-5-4-6-15(23)11-13/h4-8,11-12,18-20,22-23H,9-10H2,1-3H3/t18-,19?,20?/m0/s1. The van der Waals surface area contributed by atoms with Gasteiger partial charge in [-0.1, -0.05) is 45.0 Å². The third-order valence-corrected chi connectivity index (χ3v) is 5.08. The summed E-state index contributed by atoms with van der Waals surface area (Å²) < 4.78 is 12.2. The number of aromatic hydroxyl groups is 1. The molecule has 3 atom stereocenters. The first kappa shape index (κ1) is 16.4. The Labute approximate surface area is 148 Å². The minimum atomic E-state index is -0.113. The SMILES string of the molecule is CC(C)(C)c1ccc2c(c1)C1OCCOC1[C@H](c1cccc(O)c1)N2. The van der Waals surface area contributed by atoms with Crippen molar-refractivity contribution in [3.63, 3.8) is 0 Å². The van der Waals surface area contributed by atoms with E-state index in [9.17, 15) is 5.11 Å². The van der Waals surface area contributed by atoms with E-state index in [2.05, 4.69) is 44.3 Å². The van der Waals surface area contributed by atoms with E-state index in [0.29, 0.717) is 13.2 Å². The van der Waals surface area contributed by atoms with Gasteiger partial charge in [0.1, 0.15) is 18.0 Å². The van der Waals surface area contributed by atoms with E-state index < -0.39 is 0 Å². The topological polar surface area (TPSA) is 50.7 Å². The molecule has 1 fully saturated rings. The fourth-order valence-corrected chi connectivity index (χ4v) is 3.72. The number of phenolic OH excluding ortho intramolecular Hbond substituents is 1. The number of hydrogen-bond acceptors (Lipinski definition) is 4. The maximum Gasteiger partial charge on any atom is 0.115 e. The van der Waals surface area contributed by atoms with Gasteiger partial charge in [-0.25, -0.2) is 0 Å². The van der Waals surface area contributed by atoms with Crippen LogP contribution in [0.15, 0.2) is 42.5 Å². The van der Waals surface area contributed by atoms with Crippen molar-refractivity contribution in [1.29, 1.82) is 0 Å². The molecule has 2 aromatic carbocycles. The lowest BCUT2D eigenvalue weighted by atomic mass is 9.82. The van der Waals surface area contributed by atoms with E-state index in [1.54, 1.807) is 12.1 Å². The predicted molar refractivity (Wildman–Crippen MR) is 98.0 cm³/mol. The Kier molecular flexibility index (Phi) is 3.97. The van der Waals surface area contributed by atoms with E-state index in [1.165, 1.54) is 5.56 Å². The summed E-state index contributed by atoms with van der Waals surface area (Å²) in [6.45, 7) is 7.85. The average molecular weight is 339 g/mol. The van der Waals surface area contributed by atoms with E-state index in [4.69, 9.17) is 9.47 Å². The summed E-state index contributed by atoms with van der Waals surface area (Å²) in [4.78, 5) is 0. The number of anilines is 1. The highest BCUT2D eigenvalue weighted by Crippen LogP contribution is 2.45. The highest BCUT2D eigenvalue weighted by Gasteiger charge is 2.41. The van der Waals surface area contributed by atoms with Crippen molar-refractivity contribution in [1.82, 2.24) is 0 Å². The van der Waals surface area contributed by atoms with Crippen LogP contribution in [0.2, 0.25) is 0 Å². The van der Waals surface area contributed by atoms with Gasteiger partial charge in [-0.15, -0.1) is 0 Å². The summed E-state index contributed by atoms with van der Waals surface area (Å²) in [5, 5.41) is 13.5. The van der Waals surface area contributed by atoms with Gasteiger partial charge in [-0.05, 0) is 34.7 Å².